The molecule has 0 spiro atoms. The zero-order valence-corrected chi connectivity index (χ0v) is 10.9. The highest BCUT2D eigenvalue weighted by Gasteiger charge is 2.21. The Labute approximate surface area is 112 Å². The van der Waals surface area contributed by atoms with Crippen LogP contribution in [0.4, 0.5) is 4.39 Å². The first-order valence-corrected chi connectivity index (χ1v) is 6.11. The molecule has 0 aliphatic heterocycles. The molecule has 0 bridgehead atoms. The number of hydrogen-bond acceptors (Lipinski definition) is 1. The Balaban J connectivity index is 2.43. The van der Waals surface area contributed by atoms with Crippen molar-refractivity contribution < 1.29 is 14.3 Å². The van der Waals surface area contributed by atoms with Gasteiger partial charge in [-0.05, 0) is 35.4 Å². The van der Waals surface area contributed by atoms with Gasteiger partial charge in [-0.3, -0.25) is 4.79 Å². The summed E-state index contributed by atoms with van der Waals surface area (Å²) in [5.74, 6) is -2.11. The quantitative estimate of drug-likeness (QED) is 0.936. The molecular formula is C14H10BrFO2. The first-order chi connectivity index (χ1) is 8.58. The van der Waals surface area contributed by atoms with Crippen molar-refractivity contribution >= 4 is 21.9 Å². The van der Waals surface area contributed by atoms with Crippen LogP contribution in [0.5, 0.6) is 0 Å². The highest BCUT2D eigenvalue weighted by molar-refractivity contribution is 9.10. The summed E-state index contributed by atoms with van der Waals surface area (Å²) in [5, 5.41) is 9.31. The van der Waals surface area contributed by atoms with Crippen LogP contribution < -0.4 is 0 Å². The van der Waals surface area contributed by atoms with Crippen molar-refractivity contribution in [1.29, 1.82) is 0 Å². The van der Waals surface area contributed by atoms with Gasteiger partial charge in [0.25, 0.3) is 0 Å². The first kappa shape index (κ1) is 12.8. The zero-order valence-electron chi connectivity index (χ0n) is 9.31. The lowest BCUT2D eigenvalue weighted by atomic mass is 9.91. The fourth-order valence-electron chi connectivity index (χ4n) is 1.79. The van der Waals surface area contributed by atoms with Crippen LogP contribution in [0.2, 0.25) is 0 Å². The van der Waals surface area contributed by atoms with Crippen LogP contribution in [-0.2, 0) is 4.79 Å². The third-order valence-electron chi connectivity index (χ3n) is 2.65. The molecule has 2 nitrogen and oxygen atoms in total. The third-order valence-corrected chi connectivity index (χ3v) is 3.18. The topological polar surface area (TPSA) is 37.3 Å². The van der Waals surface area contributed by atoms with E-state index in [9.17, 15) is 14.3 Å². The van der Waals surface area contributed by atoms with Gasteiger partial charge in [0.2, 0.25) is 0 Å². The van der Waals surface area contributed by atoms with Gasteiger partial charge in [0.1, 0.15) is 11.7 Å². The van der Waals surface area contributed by atoms with Gasteiger partial charge >= 0.3 is 5.97 Å². The predicted octanol–water partition coefficient (Wildman–Crippen LogP) is 3.80. The Morgan fingerprint density at radius 1 is 1.00 bits per heavy atom. The molecule has 0 heterocycles. The molecule has 2 aromatic carbocycles. The summed E-state index contributed by atoms with van der Waals surface area (Å²) in [6.45, 7) is 0. The molecule has 1 unspecified atom stereocenters. The lowest BCUT2D eigenvalue weighted by Gasteiger charge is -2.13. The van der Waals surface area contributed by atoms with E-state index in [2.05, 4.69) is 15.9 Å². The summed E-state index contributed by atoms with van der Waals surface area (Å²) in [6.07, 6.45) is 0. The smallest absolute Gasteiger partial charge is 0.315 e. The Morgan fingerprint density at radius 3 is 1.89 bits per heavy atom. The van der Waals surface area contributed by atoms with Crippen LogP contribution in [0.3, 0.4) is 0 Å². The first-order valence-electron chi connectivity index (χ1n) is 5.31. The van der Waals surface area contributed by atoms with E-state index >= 15 is 0 Å². The van der Waals surface area contributed by atoms with Gasteiger partial charge in [-0.2, -0.15) is 0 Å². The number of carboxylic acids is 1. The van der Waals surface area contributed by atoms with Crippen LogP contribution in [0.1, 0.15) is 17.0 Å². The number of halogens is 2. The van der Waals surface area contributed by atoms with Crippen molar-refractivity contribution in [2.75, 3.05) is 0 Å². The SMILES string of the molecule is O=C(O)C(c1ccc(F)cc1)c1ccc(Br)cc1. The monoisotopic (exact) mass is 308 g/mol. The maximum Gasteiger partial charge on any atom is 0.315 e. The fourth-order valence-corrected chi connectivity index (χ4v) is 2.05. The van der Waals surface area contributed by atoms with Gasteiger partial charge in [0, 0.05) is 4.47 Å². The van der Waals surface area contributed by atoms with E-state index in [1.807, 2.05) is 0 Å². The van der Waals surface area contributed by atoms with E-state index in [4.69, 9.17) is 0 Å². The molecule has 1 N–H and O–H groups in total. The van der Waals surface area contributed by atoms with Crippen LogP contribution in [0.25, 0.3) is 0 Å². The second-order valence-corrected chi connectivity index (χ2v) is 4.79. The van der Waals surface area contributed by atoms with Gasteiger partial charge in [-0.25, -0.2) is 4.39 Å². The highest BCUT2D eigenvalue weighted by atomic mass is 79.9. The summed E-state index contributed by atoms with van der Waals surface area (Å²) in [7, 11) is 0. The molecule has 0 saturated heterocycles. The summed E-state index contributed by atoms with van der Waals surface area (Å²) < 4.78 is 13.7. The highest BCUT2D eigenvalue weighted by Crippen LogP contribution is 2.26. The van der Waals surface area contributed by atoms with Crippen LogP contribution in [0, 0.1) is 5.82 Å². The molecule has 0 aromatic heterocycles. The van der Waals surface area contributed by atoms with Crippen molar-refractivity contribution in [2.24, 2.45) is 0 Å². The molecule has 0 amide bonds. The summed E-state index contributed by atoms with van der Waals surface area (Å²) >= 11 is 3.30. The molecule has 2 aromatic rings. The van der Waals surface area contributed by atoms with E-state index in [0.717, 1.165) is 4.47 Å². The molecule has 1 atom stereocenters. The normalized spacial score (nSPS) is 12.1. The summed E-state index contributed by atoms with van der Waals surface area (Å²) in [4.78, 5) is 11.4. The fraction of sp³-hybridized carbons (Fsp3) is 0.0714. The maximum absolute atomic E-state index is 12.9. The average molecular weight is 309 g/mol. The van der Waals surface area contributed by atoms with Gasteiger partial charge in [0.05, 0.1) is 0 Å². The maximum atomic E-state index is 12.9. The number of benzene rings is 2. The Bertz CT molecular complexity index is 504. The van der Waals surface area contributed by atoms with Crippen molar-refractivity contribution in [3.63, 3.8) is 0 Å². The van der Waals surface area contributed by atoms with Gasteiger partial charge in [-0.1, -0.05) is 40.2 Å². The van der Waals surface area contributed by atoms with Crippen LogP contribution >= 0.6 is 15.9 Å². The molecule has 18 heavy (non-hydrogen) atoms. The minimum absolute atomic E-state index is 0.376. The van der Waals surface area contributed by atoms with Crippen molar-refractivity contribution in [1.82, 2.24) is 0 Å². The van der Waals surface area contributed by atoms with Crippen LogP contribution in [-0.4, -0.2) is 11.1 Å². The molecule has 0 fully saturated rings. The lowest BCUT2D eigenvalue weighted by molar-refractivity contribution is -0.137. The van der Waals surface area contributed by atoms with E-state index in [1.54, 1.807) is 24.3 Å². The van der Waals surface area contributed by atoms with E-state index in [-0.39, 0.29) is 5.82 Å². The molecule has 4 heteroatoms. The van der Waals surface area contributed by atoms with Gasteiger partial charge < -0.3 is 5.11 Å². The molecule has 0 radical (unpaired) electrons. The predicted molar refractivity (Wildman–Crippen MR) is 70.0 cm³/mol. The van der Waals surface area contributed by atoms with Crippen molar-refractivity contribution in [3.05, 3.63) is 69.9 Å². The largest absolute Gasteiger partial charge is 0.481 e. The number of rotatable bonds is 3. The Kier molecular flexibility index (Phi) is 3.77. The van der Waals surface area contributed by atoms with Gasteiger partial charge in [-0.15, -0.1) is 0 Å². The van der Waals surface area contributed by atoms with Crippen LogP contribution in [0.15, 0.2) is 53.0 Å². The third kappa shape index (κ3) is 2.76. The molecule has 2 rings (SSSR count). The molecule has 0 saturated carbocycles. The standard InChI is InChI=1S/C14H10BrFO2/c15-11-5-1-9(2-6-11)13(14(17)18)10-3-7-12(16)8-4-10/h1-8,13H,(H,17,18). The Hall–Kier alpha value is -1.68. The Morgan fingerprint density at radius 2 is 1.44 bits per heavy atom. The van der Waals surface area contributed by atoms with Crippen molar-refractivity contribution in [3.8, 4) is 0 Å². The molecule has 0 aliphatic rings. The number of carboxylic acid groups (broad SMARTS) is 1. The zero-order chi connectivity index (χ0) is 13.1. The van der Waals surface area contributed by atoms with E-state index < -0.39 is 11.9 Å². The van der Waals surface area contributed by atoms with E-state index in [0.29, 0.717) is 11.1 Å². The van der Waals surface area contributed by atoms with E-state index in [1.165, 1.54) is 24.3 Å². The van der Waals surface area contributed by atoms with Crippen molar-refractivity contribution in [2.45, 2.75) is 5.92 Å². The molecular weight excluding hydrogens is 299 g/mol. The number of aliphatic carboxylic acids is 1. The molecule has 92 valence electrons. The second kappa shape index (κ2) is 5.31. The average Bonchev–Trinajstić information content (AvgIpc) is 2.34. The minimum atomic E-state index is -0.955. The second-order valence-electron chi connectivity index (χ2n) is 3.87. The summed E-state index contributed by atoms with van der Waals surface area (Å²) in [6, 6.07) is 12.6. The lowest BCUT2D eigenvalue weighted by Crippen LogP contribution is -2.13. The molecule has 0 aliphatic carbocycles. The number of hydrogen-bond donors (Lipinski definition) is 1. The summed E-state index contributed by atoms with van der Waals surface area (Å²) in [5.41, 5.74) is 1.23. The van der Waals surface area contributed by atoms with Gasteiger partial charge in [0.15, 0.2) is 0 Å². The number of carbonyl (C=O) groups is 1. The minimum Gasteiger partial charge on any atom is -0.481 e.